The molecule has 0 aliphatic rings. The number of hydrogen-bond acceptors (Lipinski definition) is 8. The van der Waals surface area contributed by atoms with Crippen molar-refractivity contribution in [3.05, 3.63) is 28.8 Å². The number of nitrogens with one attached hydrogen (secondary N) is 2. The number of carbonyl (C=O) groups excluding carboxylic acids is 2. The summed E-state index contributed by atoms with van der Waals surface area (Å²) in [6.07, 6.45) is 0.405. The summed E-state index contributed by atoms with van der Waals surface area (Å²) in [5, 5.41) is 36.8. The predicted molar refractivity (Wildman–Crippen MR) is 112 cm³/mol. The van der Waals surface area contributed by atoms with Crippen LogP contribution < -0.4 is 10.6 Å². The molecule has 1 aromatic heterocycles. The molecule has 9 heteroatoms. The van der Waals surface area contributed by atoms with Crippen molar-refractivity contribution in [2.75, 3.05) is 19.6 Å². The summed E-state index contributed by atoms with van der Waals surface area (Å²) in [6.45, 7) is 7.43. The van der Waals surface area contributed by atoms with E-state index in [-0.39, 0.29) is 50.3 Å². The van der Waals surface area contributed by atoms with Crippen molar-refractivity contribution in [3.63, 3.8) is 0 Å². The Hall–Kier alpha value is -3.46. The van der Waals surface area contributed by atoms with Crippen molar-refractivity contribution in [3.8, 4) is 17.2 Å². The third-order valence-electron chi connectivity index (χ3n) is 4.75. The topological polar surface area (TPSA) is 145 Å². The number of phenols is 3. The molecule has 5 N–H and O–H groups in total. The Kier molecular flexibility index (Phi) is 6.02. The molecule has 3 aromatic rings. The Balaban J connectivity index is 2.06. The maximum absolute atomic E-state index is 12.7. The van der Waals surface area contributed by atoms with E-state index >= 15 is 0 Å². The Morgan fingerprint density at radius 1 is 1.03 bits per heavy atom. The zero-order chi connectivity index (χ0) is 22.0. The Morgan fingerprint density at radius 3 is 2.40 bits per heavy atom. The smallest absolute Gasteiger partial charge is 0.253 e. The highest BCUT2D eigenvalue weighted by Gasteiger charge is 2.22. The number of fused-ring (bicyclic) bond motifs is 2. The van der Waals surface area contributed by atoms with Crippen LogP contribution in [0.4, 0.5) is 0 Å². The molecule has 9 nitrogen and oxygen atoms in total. The lowest BCUT2D eigenvalue weighted by Gasteiger charge is -2.13. The molecule has 0 fully saturated rings. The number of benzene rings is 2. The second kappa shape index (κ2) is 8.50. The molecule has 1 heterocycles. The van der Waals surface area contributed by atoms with E-state index in [9.17, 15) is 24.9 Å². The van der Waals surface area contributed by atoms with Crippen LogP contribution in [0, 0.1) is 12.8 Å². The first kappa shape index (κ1) is 21.3. The normalized spacial score (nSPS) is 11.3. The molecule has 0 saturated heterocycles. The zero-order valence-electron chi connectivity index (χ0n) is 17.0. The van der Waals surface area contributed by atoms with E-state index in [2.05, 4.69) is 34.4 Å². The average Bonchev–Trinajstić information content (AvgIpc) is 2.71. The third-order valence-corrected chi connectivity index (χ3v) is 4.75. The Morgan fingerprint density at radius 2 is 1.73 bits per heavy atom. The van der Waals surface area contributed by atoms with Gasteiger partial charge in [0, 0.05) is 18.7 Å². The van der Waals surface area contributed by atoms with Gasteiger partial charge in [-0.2, -0.15) is 0 Å². The molecule has 0 atom stereocenters. The minimum atomic E-state index is -0.411. The van der Waals surface area contributed by atoms with Gasteiger partial charge in [0.15, 0.2) is 6.29 Å². The van der Waals surface area contributed by atoms with Gasteiger partial charge in [-0.25, -0.2) is 9.97 Å². The highest BCUT2D eigenvalue weighted by atomic mass is 16.3. The van der Waals surface area contributed by atoms with Crippen molar-refractivity contribution in [2.45, 2.75) is 20.8 Å². The lowest BCUT2D eigenvalue weighted by molar-refractivity contribution is 0.0955. The number of aromatic hydroxyl groups is 3. The van der Waals surface area contributed by atoms with Crippen LogP contribution in [0.2, 0.25) is 0 Å². The minimum Gasteiger partial charge on any atom is -0.507 e. The first-order valence-electron chi connectivity index (χ1n) is 9.58. The molecule has 1 amide bonds. The Bertz CT molecular complexity index is 1140. The van der Waals surface area contributed by atoms with Gasteiger partial charge in [-0.1, -0.05) is 13.8 Å². The van der Waals surface area contributed by atoms with Gasteiger partial charge in [0.2, 0.25) is 0 Å². The van der Waals surface area contributed by atoms with E-state index in [0.717, 1.165) is 6.54 Å². The molecular formula is C21H24N4O5. The van der Waals surface area contributed by atoms with Crippen molar-refractivity contribution in [1.29, 1.82) is 0 Å². The lowest BCUT2D eigenvalue weighted by Crippen LogP contribution is -2.33. The minimum absolute atomic E-state index is 0.0150. The van der Waals surface area contributed by atoms with Gasteiger partial charge in [-0.15, -0.1) is 0 Å². The molecule has 0 radical (unpaired) electrons. The summed E-state index contributed by atoms with van der Waals surface area (Å²) >= 11 is 0. The van der Waals surface area contributed by atoms with Gasteiger partial charge in [-0.3, -0.25) is 9.59 Å². The molecule has 0 bridgehead atoms. The van der Waals surface area contributed by atoms with Crippen molar-refractivity contribution >= 4 is 34.3 Å². The summed E-state index contributed by atoms with van der Waals surface area (Å²) < 4.78 is 0. The molecule has 0 aliphatic carbocycles. The highest BCUT2D eigenvalue weighted by molar-refractivity contribution is 6.09. The van der Waals surface area contributed by atoms with Gasteiger partial charge in [-0.05, 0) is 31.5 Å². The van der Waals surface area contributed by atoms with E-state index in [4.69, 9.17) is 0 Å². The Labute approximate surface area is 172 Å². The number of hydrogen-bond donors (Lipinski definition) is 5. The lowest BCUT2D eigenvalue weighted by atomic mass is 10.0. The monoisotopic (exact) mass is 412 g/mol. The average molecular weight is 412 g/mol. The summed E-state index contributed by atoms with van der Waals surface area (Å²) in [6, 6.07) is 2.73. The van der Waals surface area contributed by atoms with E-state index in [1.54, 1.807) is 0 Å². The quantitative estimate of drug-likeness (QED) is 0.225. The van der Waals surface area contributed by atoms with Crippen LogP contribution in [0.15, 0.2) is 12.1 Å². The van der Waals surface area contributed by atoms with E-state index in [0.29, 0.717) is 25.3 Å². The van der Waals surface area contributed by atoms with Gasteiger partial charge in [0.1, 0.15) is 39.3 Å². The van der Waals surface area contributed by atoms with Crippen LogP contribution in [0.25, 0.3) is 22.1 Å². The summed E-state index contributed by atoms with van der Waals surface area (Å²) in [4.78, 5) is 32.7. The third kappa shape index (κ3) is 3.84. The summed E-state index contributed by atoms with van der Waals surface area (Å²) in [5.74, 6) is -0.922. The van der Waals surface area contributed by atoms with Crippen molar-refractivity contribution in [2.24, 2.45) is 5.92 Å². The number of carbonyl (C=O) groups is 2. The van der Waals surface area contributed by atoms with Crippen LogP contribution >= 0.6 is 0 Å². The van der Waals surface area contributed by atoms with Crippen molar-refractivity contribution < 1.29 is 24.9 Å². The molecule has 0 saturated carbocycles. The maximum Gasteiger partial charge on any atom is 0.253 e. The number of aromatic nitrogens is 2. The van der Waals surface area contributed by atoms with Crippen LogP contribution in [0.5, 0.6) is 17.2 Å². The summed E-state index contributed by atoms with van der Waals surface area (Å²) in [5.41, 5.74) is 0.0351. The van der Waals surface area contributed by atoms with Gasteiger partial charge < -0.3 is 26.0 Å². The zero-order valence-corrected chi connectivity index (χ0v) is 17.0. The molecule has 0 spiro atoms. The van der Waals surface area contributed by atoms with Crippen LogP contribution in [0.3, 0.4) is 0 Å². The highest BCUT2D eigenvalue weighted by Crippen LogP contribution is 2.38. The summed E-state index contributed by atoms with van der Waals surface area (Å²) in [7, 11) is 0. The first-order valence-corrected chi connectivity index (χ1v) is 9.58. The molecule has 2 aromatic carbocycles. The van der Waals surface area contributed by atoms with Crippen LogP contribution in [-0.2, 0) is 0 Å². The first-order chi connectivity index (χ1) is 14.3. The van der Waals surface area contributed by atoms with E-state index in [1.165, 1.54) is 19.1 Å². The van der Waals surface area contributed by atoms with Crippen LogP contribution in [-0.4, -0.2) is 57.1 Å². The SMILES string of the molecule is Cc1c(O)c(C=O)c2nc3c(O)ccc(C(=O)NCCNCC(C)C)c3nc2c1O. The van der Waals surface area contributed by atoms with Gasteiger partial charge in [0.25, 0.3) is 5.91 Å². The largest absolute Gasteiger partial charge is 0.507 e. The fourth-order valence-corrected chi connectivity index (χ4v) is 3.12. The number of nitrogens with zero attached hydrogens (tertiary/aromatic N) is 2. The molecule has 30 heavy (non-hydrogen) atoms. The molecule has 3 rings (SSSR count). The number of amides is 1. The van der Waals surface area contributed by atoms with Gasteiger partial charge in [0.05, 0.1) is 11.1 Å². The van der Waals surface area contributed by atoms with Crippen LogP contribution in [0.1, 0.15) is 40.1 Å². The molecule has 0 aliphatic heterocycles. The fraction of sp³-hybridized carbons (Fsp3) is 0.333. The number of aldehydes is 1. The second-order valence-electron chi connectivity index (χ2n) is 7.46. The second-order valence-corrected chi connectivity index (χ2v) is 7.46. The number of rotatable bonds is 7. The number of phenolic OH excluding ortho intramolecular Hbond substituents is 3. The molecule has 158 valence electrons. The standard InChI is InChI=1S/C21H24N4O5/c1-10(2)8-22-6-7-23-21(30)12-4-5-14(27)17-15(12)25-18-16(24-17)13(9-26)19(28)11(3)20(18)29/h4-5,9-10,22,27-29H,6-8H2,1-3H3,(H,23,30). The predicted octanol–water partition coefficient (Wildman–Crippen LogP) is 2.00. The van der Waals surface area contributed by atoms with Gasteiger partial charge >= 0.3 is 0 Å². The van der Waals surface area contributed by atoms with Crippen molar-refractivity contribution in [1.82, 2.24) is 20.6 Å². The van der Waals surface area contributed by atoms with E-state index in [1.807, 2.05) is 0 Å². The molecule has 0 unspecified atom stereocenters. The van der Waals surface area contributed by atoms with E-state index < -0.39 is 11.7 Å². The fourth-order valence-electron chi connectivity index (χ4n) is 3.12. The molecular weight excluding hydrogens is 388 g/mol. The maximum atomic E-state index is 12.7.